The SMILES string of the molecule is CC(C)(C)OC(=O)Oc1cc2cc(c1)-c1cc(ccc1OC(=O)OC(C)(C)C)C(C)(C)c1ccc(OC(=O)OC(C)(C)C)c(c1)-c1cc(OC(=O)OC(C)(C)C)cc(c1)-c1cc(ccc1OC(=O)OC(C)(C)C)C(C)(C)c1ccc(OC(=O)OC(C)(C)C)c-2c1. The second-order valence-electron chi connectivity index (χ2n) is 29.0. The van der Waals surface area contributed by atoms with Gasteiger partial charge in [-0.15, -0.1) is 0 Å². The van der Waals surface area contributed by atoms with Gasteiger partial charge in [0.2, 0.25) is 0 Å². The molecule has 0 atom stereocenters. The van der Waals surface area contributed by atoms with Crippen molar-refractivity contribution in [1.82, 2.24) is 0 Å². The van der Waals surface area contributed by atoms with Crippen LogP contribution in [0.5, 0.6) is 34.5 Å². The monoisotopic (exact) mass is 1240 g/mol. The zero-order valence-corrected chi connectivity index (χ0v) is 55.7. The molecule has 90 heavy (non-hydrogen) atoms. The van der Waals surface area contributed by atoms with Gasteiger partial charge in [-0.05, 0) is 254 Å². The molecule has 0 aliphatic heterocycles. The Morgan fingerprint density at radius 1 is 0.256 bits per heavy atom. The lowest BCUT2D eigenvalue weighted by molar-refractivity contribution is 0.0192. The number of hydrogen-bond acceptors (Lipinski definition) is 18. The van der Waals surface area contributed by atoms with Gasteiger partial charge in [-0.1, -0.05) is 52.0 Å². The maximum atomic E-state index is 13.8. The first-order chi connectivity index (χ1) is 41.2. The van der Waals surface area contributed by atoms with E-state index in [-0.39, 0.29) is 34.5 Å². The summed E-state index contributed by atoms with van der Waals surface area (Å²) in [5.41, 5.74) is -2.42. The van der Waals surface area contributed by atoms with E-state index in [9.17, 15) is 28.8 Å². The van der Waals surface area contributed by atoms with Gasteiger partial charge < -0.3 is 56.8 Å². The Morgan fingerprint density at radius 3 is 0.611 bits per heavy atom. The van der Waals surface area contributed by atoms with Gasteiger partial charge in [0.05, 0.1) is 0 Å². The summed E-state index contributed by atoms with van der Waals surface area (Å²) >= 11 is 0. The van der Waals surface area contributed by atoms with E-state index >= 15 is 0 Å². The first-order valence-corrected chi connectivity index (χ1v) is 29.5. The van der Waals surface area contributed by atoms with Crippen molar-refractivity contribution in [3.05, 3.63) is 131 Å². The van der Waals surface area contributed by atoms with E-state index in [4.69, 9.17) is 56.8 Å². The highest BCUT2D eigenvalue weighted by atomic mass is 16.8. The highest BCUT2D eigenvalue weighted by Gasteiger charge is 2.33. The quantitative estimate of drug-likeness (QED) is 0.0861. The Hall–Kier alpha value is -9.06. The van der Waals surface area contributed by atoms with Crippen LogP contribution in [-0.4, -0.2) is 70.5 Å². The Balaban J connectivity index is 1.66. The molecule has 0 fully saturated rings. The number of rotatable bonds is 6. The van der Waals surface area contributed by atoms with Crippen LogP contribution < -0.4 is 28.4 Å². The van der Waals surface area contributed by atoms with E-state index in [0.717, 1.165) is 0 Å². The summed E-state index contributed by atoms with van der Waals surface area (Å²) in [7, 11) is 0. The molecule has 0 saturated heterocycles. The van der Waals surface area contributed by atoms with Crippen LogP contribution in [0.1, 0.15) is 175 Å². The predicted octanol–water partition coefficient (Wildman–Crippen LogP) is 19.2. The largest absolute Gasteiger partial charge is 0.514 e. The van der Waals surface area contributed by atoms with Crippen LogP contribution in [0, 0.1) is 0 Å². The van der Waals surface area contributed by atoms with Crippen molar-refractivity contribution < 1.29 is 85.6 Å². The first-order valence-electron chi connectivity index (χ1n) is 29.5. The van der Waals surface area contributed by atoms with Crippen LogP contribution in [0.2, 0.25) is 0 Å². The minimum atomic E-state index is -1.02. The molecular formula is C72H84O18. The van der Waals surface area contributed by atoms with Gasteiger partial charge in [0.15, 0.2) is 0 Å². The number of carbonyl (C=O) groups excluding carboxylic acids is 6. The molecule has 0 unspecified atom stereocenters. The predicted molar refractivity (Wildman–Crippen MR) is 340 cm³/mol. The van der Waals surface area contributed by atoms with Gasteiger partial charge in [-0.25, -0.2) is 28.8 Å². The summed E-state index contributed by atoms with van der Waals surface area (Å²) in [6.45, 7) is 38.5. The highest BCUT2D eigenvalue weighted by molar-refractivity contribution is 5.87. The molecule has 480 valence electrons. The van der Waals surface area contributed by atoms with E-state index in [2.05, 4.69) is 0 Å². The topological polar surface area (TPSA) is 213 Å². The lowest BCUT2D eigenvalue weighted by atomic mass is 9.75. The lowest BCUT2D eigenvalue weighted by Gasteiger charge is -2.29. The molecule has 18 nitrogen and oxygen atoms in total. The van der Waals surface area contributed by atoms with E-state index < -0.39 is 81.4 Å². The molecule has 0 spiro atoms. The third-order valence-corrected chi connectivity index (χ3v) is 13.4. The Bertz CT molecular complexity index is 3300. The Labute approximate surface area is 527 Å². The van der Waals surface area contributed by atoms with Crippen LogP contribution in [0.4, 0.5) is 28.8 Å². The third-order valence-electron chi connectivity index (χ3n) is 13.4. The maximum Gasteiger partial charge on any atom is 0.514 e. The Morgan fingerprint density at radius 2 is 0.433 bits per heavy atom. The summed E-state index contributed by atoms with van der Waals surface area (Å²) in [4.78, 5) is 82.5. The van der Waals surface area contributed by atoms with Crippen molar-refractivity contribution in [2.24, 2.45) is 0 Å². The lowest BCUT2D eigenvalue weighted by Crippen LogP contribution is -2.26. The van der Waals surface area contributed by atoms with Crippen molar-refractivity contribution in [2.45, 2.75) is 197 Å². The highest BCUT2D eigenvalue weighted by Crippen LogP contribution is 2.48. The number of fused-ring (bicyclic) bond motifs is 16. The second kappa shape index (κ2) is 25.1. The molecule has 1 aliphatic carbocycles. The number of hydrogen-bond donors (Lipinski definition) is 0. The van der Waals surface area contributed by atoms with Crippen LogP contribution in [0.15, 0.2) is 109 Å². The average molecular weight is 1240 g/mol. The van der Waals surface area contributed by atoms with E-state index in [1.165, 1.54) is 0 Å². The second-order valence-corrected chi connectivity index (χ2v) is 29.0. The summed E-state index contributed by atoms with van der Waals surface area (Å²) in [5, 5.41) is 0. The average Bonchev–Trinajstić information content (AvgIpc) is 0.778. The maximum absolute atomic E-state index is 13.8. The van der Waals surface area contributed by atoms with Gasteiger partial charge >= 0.3 is 36.9 Å². The molecule has 18 heteroatoms. The van der Waals surface area contributed by atoms with Gasteiger partial charge in [0.1, 0.15) is 68.1 Å². The third kappa shape index (κ3) is 18.5. The Kier molecular flexibility index (Phi) is 19.1. The fourth-order valence-electron chi connectivity index (χ4n) is 9.38. The van der Waals surface area contributed by atoms with Crippen molar-refractivity contribution in [3.8, 4) is 79.0 Å². The van der Waals surface area contributed by atoms with Crippen molar-refractivity contribution >= 4 is 36.9 Å². The molecule has 6 aromatic rings. The number of benzene rings is 6. The summed E-state index contributed by atoms with van der Waals surface area (Å²) in [6, 6.07) is 30.8. The summed E-state index contributed by atoms with van der Waals surface area (Å²) in [6.07, 6.45) is -6.06. The minimum absolute atomic E-state index is 0.00810. The summed E-state index contributed by atoms with van der Waals surface area (Å²) < 4.78 is 70.4. The normalized spacial score (nSPS) is 13.7. The molecule has 0 amide bonds. The van der Waals surface area contributed by atoms with Crippen LogP contribution >= 0.6 is 0 Å². The minimum Gasteiger partial charge on any atom is -0.428 e. The molecule has 0 saturated carbocycles. The van der Waals surface area contributed by atoms with Crippen LogP contribution in [0.3, 0.4) is 0 Å². The van der Waals surface area contributed by atoms with Gasteiger partial charge in [0, 0.05) is 33.1 Å². The van der Waals surface area contributed by atoms with Crippen molar-refractivity contribution in [3.63, 3.8) is 0 Å². The van der Waals surface area contributed by atoms with Crippen LogP contribution in [0.25, 0.3) is 44.5 Å². The fraction of sp³-hybridized carbons (Fsp3) is 0.417. The van der Waals surface area contributed by atoms with E-state index in [0.29, 0.717) is 66.8 Å². The van der Waals surface area contributed by atoms with Gasteiger partial charge in [-0.3, -0.25) is 0 Å². The molecule has 12 bridgehead atoms. The molecular weight excluding hydrogens is 1150 g/mol. The molecule has 7 rings (SSSR count). The standard InChI is InChI=1S/C72H84O18/c1-65(2,3)85-59(73)79-49-33-41-31-42(34-49)52-38-46(24-28-56(52)82-62(76)88-68(10,11)12)72(21,22)48-26-30-58(84-64(78)90-70(16,17)18)54(40-48)44-32-43(35-50(36-44)80-60(74)86-66(4,5)6)53-39-47(25-29-57(53)83-63(77)89-69(13,14)15)71(19,20)45-23-27-55(51(41)37-45)81-61(75)87-67(7,8)9/h23-40H,1-22H3. The van der Waals surface area contributed by atoms with Gasteiger partial charge in [-0.2, -0.15) is 0 Å². The number of carbonyl (C=O) groups is 6. The molecule has 0 radical (unpaired) electrons. The fourth-order valence-corrected chi connectivity index (χ4v) is 9.38. The van der Waals surface area contributed by atoms with Crippen molar-refractivity contribution in [2.75, 3.05) is 0 Å². The summed E-state index contributed by atoms with van der Waals surface area (Å²) in [5.74, 6) is 0.197. The molecule has 0 aromatic heterocycles. The van der Waals surface area contributed by atoms with Gasteiger partial charge in [0.25, 0.3) is 0 Å². The first kappa shape index (κ1) is 68.4. The number of ether oxygens (including phenoxy) is 12. The van der Waals surface area contributed by atoms with Crippen molar-refractivity contribution in [1.29, 1.82) is 0 Å². The molecule has 1 aliphatic rings. The van der Waals surface area contributed by atoms with E-state index in [1.807, 2.05) is 52.0 Å². The molecule has 6 aromatic carbocycles. The molecule has 0 heterocycles. The molecule has 0 N–H and O–H groups in total. The van der Waals surface area contributed by atoms with E-state index in [1.54, 1.807) is 210 Å². The van der Waals surface area contributed by atoms with Crippen LogP contribution in [-0.2, 0) is 39.3 Å². The zero-order chi connectivity index (χ0) is 67.1. The smallest absolute Gasteiger partial charge is 0.428 e. The zero-order valence-electron chi connectivity index (χ0n) is 55.7.